The van der Waals surface area contributed by atoms with Gasteiger partial charge in [0.15, 0.2) is 0 Å². The van der Waals surface area contributed by atoms with Crippen LogP contribution < -0.4 is 5.32 Å². The van der Waals surface area contributed by atoms with Gasteiger partial charge in [0.05, 0.1) is 0 Å². The minimum Gasteiger partial charge on any atom is -0.480 e. The van der Waals surface area contributed by atoms with E-state index in [2.05, 4.69) is 21.2 Å². The van der Waals surface area contributed by atoms with Crippen molar-refractivity contribution in [1.29, 1.82) is 0 Å². The van der Waals surface area contributed by atoms with Crippen molar-refractivity contribution in [3.05, 3.63) is 34.3 Å². The van der Waals surface area contributed by atoms with Crippen molar-refractivity contribution in [2.75, 3.05) is 0 Å². The molecule has 0 saturated carbocycles. The molecule has 0 aliphatic heterocycles. The fourth-order valence-corrected chi connectivity index (χ4v) is 1.85. The molecular formula is C13H18BrNO2. The van der Waals surface area contributed by atoms with E-state index in [0.29, 0.717) is 18.9 Å². The van der Waals surface area contributed by atoms with Crippen LogP contribution in [0, 0.1) is 5.92 Å². The molecular weight excluding hydrogens is 282 g/mol. The number of aliphatic carboxylic acids is 1. The highest BCUT2D eigenvalue weighted by Gasteiger charge is 2.17. The third-order valence-corrected chi connectivity index (χ3v) is 3.00. The summed E-state index contributed by atoms with van der Waals surface area (Å²) in [5.41, 5.74) is 1.09. The third-order valence-electron chi connectivity index (χ3n) is 2.47. The maximum atomic E-state index is 11.0. The summed E-state index contributed by atoms with van der Waals surface area (Å²) in [5, 5.41) is 12.1. The second-order valence-corrected chi connectivity index (χ2v) is 5.44. The van der Waals surface area contributed by atoms with Gasteiger partial charge in [-0.1, -0.05) is 41.9 Å². The van der Waals surface area contributed by atoms with Gasteiger partial charge >= 0.3 is 5.97 Å². The van der Waals surface area contributed by atoms with Crippen LogP contribution in [0.4, 0.5) is 0 Å². The summed E-state index contributed by atoms with van der Waals surface area (Å²) in [6, 6.07) is 7.39. The van der Waals surface area contributed by atoms with Gasteiger partial charge < -0.3 is 10.4 Å². The van der Waals surface area contributed by atoms with Gasteiger partial charge in [0.25, 0.3) is 0 Å². The van der Waals surface area contributed by atoms with Crippen LogP contribution in [-0.4, -0.2) is 17.1 Å². The smallest absolute Gasteiger partial charge is 0.320 e. The standard InChI is InChI=1S/C13H18BrNO2/c1-9(2)7-12(13(16)17)15-8-10-3-5-11(14)6-4-10/h3-6,9,12,15H,7-8H2,1-2H3,(H,16,17)/t12-/m0/s1. The second-order valence-electron chi connectivity index (χ2n) is 4.53. The Bertz CT molecular complexity index is 362. The molecule has 94 valence electrons. The average Bonchev–Trinajstić information content (AvgIpc) is 2.25. The van der Waals surface area contributed by atoms with E-state index in [1.54, 1.807) is 0 Å². The number of hydrogen-bond acceptors (Lipinski definition) is 2. The summed E-state index contributed by atoms with van der Waals surface area (Å²) >= 11 is 3.37. The van der Waals surface area contributed by atoms with Gasteiger partial charge in [0.1, 0.15) is 6.04 Å². The molecule has 0 fully saturated rings. The molecule has 1 aromatic carbocycles. The molecule has 4 heteroatoms. The SMILES string of the molecule is CC(C)C[C@H](NCc1ccc(Br)cc1)C(=O)O. The maximum absolute atomic E-state index is 11.0. The lowest BCUT2D eigenvalue weighted by Gasteiger charge is -2.16. The summed E-state index contributed by atoms with van der Waals surface area (Å²) < 4.78 is 1.03. The van der Waals surface area contributed by atoms with Crippen molar-refractivity contribution in [2.24, 2.45) is 5.92 Å². The molecule has 1 rings (SSSR count). The summed E-state index contributed by atoms with van der Waals surface area (Å²) in [5.74, 6) is -0.413. The lowest BCUT2D eigenvalue weighted by Crippen LogP contribution is -2.37. The quantitative estimate of drug-likeness (QED) is 0.849. The van der Waals surface area contributed by atoms with Crippen molar-refractivity contribution < 1.29 is 9.90 Å². The lowest BCUT2D eigenvalue weighted by atomic mass is 10.0. The van der Waals surface area contributed by atoms with Gasteiger partial charge in [0, 0.05) is 11.0 Å². The average molecular weight is 300 g/mol. The highest BCUT2D eigenvalue weighted by atomic mass is 79.9. The predicted octanol–water partition coefficient (Wildman–Crippen LogP) is 3.04. The highest BCUT2D eigenvalue weighted by molar-refractivity contribution is 9.10. The first-order chi connectivity index (χ1) is 7.99. The van der Waals surface area contributed by atoms with Gasteiger partial charge in [-0.25, -0.2) is 0 Å². The Labute approximate surface area is 110 Å². The largest absolute Gasteiger partial charge is 0.480 e. The number of rotatable bonds is 6. The molecule has 0 aromatic heterocycles. The van der Waals surface area contributed by atoms with Crippen LogP contribution in [0.5, 0.6) is 0 Å². The van der Waals surface area contributed by atoms with Crippen molar-refractivity contribution in [2.45, 2.75) is 32.9 Å². The van der Waals surface area contributed by atoms with Gasteiger partial charge in [0.2, 0.25) is 0 Å². The fourth-order valence-electron chi connectivity index (χ4n) is 1.59. The fraction of sp³-hybridized carbons (Fsp3) is 0.462. The molecule has 2 N–H and O–H groups in total. The predicted molar refractivity (Wildman–Crippen MR) is 71.9 cm³/mol. The summed E-state index contributed by atoms with van der Waals surface area (Å²) in [7, 11) is 0. The van der Waals surface area contributed by atoms with Crippen LogP contribution in [0.25, 0.3) is 0 Å². The Morgan fingerprint density at radius 1 is 1.35 bits per heavy atom. The Morgan fingerprint density at radius 3 is 2.41 bits per heavy atom. The zero-order valence-corrected chi connectivity index (χ0v) is 11.7. The molecule has 3 nitrogen and oxygen atoms in total. The molecule has 0 saturated heterocycles. The molecule has 17 heavy (non-hydrogen) atoms. The minimum atomic E-state index is -0.782. The number of halogens is 1. The monoisotopic (exact) mass is 299 g/mol. The van der Waals surface area contributed by atoms with E-state index >= 15 is 0 Å². The van der Waals surface area contributed by atoms with E-state index in [4.69, 9.17) is 5.11 Å². The molecule has 0 radical (unpaired) electrons. The Morgan fingerprint density at radius 2 is 1.94 bits per heavy atom. The van der Waals surface area contributed by atoms with Crippen molar-refractivity contribution >= 4 is 21.9 Å². The van der Waals surface area contributed by atoms with Crippen LogP contribution in [0.15, 0.2) is 28.7 Å². The third kappa shape index (κ3) is 5.33. The van der Waals surface area contributed by atoms with E-state index in [-0.39, 0.29) is 0 Å². The first-order valence-corrected chi connectivity index (χ1v) is 6.49. The summed E-state index contributed by atoms with van der Waals surface area (Å²) in [6.07, 6.45) is 0.645. The highest BCUT2D eigenvalue weighted by Crippen LogP contribution is 2.11. The van der Waals surface area contributed by atoms with E-state index in [1.165, 1.54) is 0 Å². The van der Waals surface area contributed by atoms with Crippen molar-refractivity contribution in [3.8, 4) is 0 Å². The van der Waals surface area contributed by atoms with Gasteiger partial charge in [-0.2, -0.15) is 0 Å². The number of carboxylic acids is 1. The molecule has 0 spiro atoms. The van der Waals surface area contributed by atoms with Crippen LogP contribution in [-0.2, 0) is 11.3 Å². The minimum absolute atomic E-state index is 0.369. The number of carbonyl (C=O) groups is 1. The molecule has 0 aliphatic rings. The topological polar surface area (TPSA) is 49.3 Å². The Kier molecular flexibility index (Phi) is 5.65. The van der Waals surface area contributed by atoms with Gasteiger partial charge in [-0.05, 0) is 30.0 Å². The van der Waals surface area contributed by atoms with E-state index < -0.39 is 12.0 Å². The number of nitrogens with one attached hydrogen (secondary N) is 1. The molecule has 0 bridgehead atoms. The molecule has 0 amide bonds. The van der Waals surface area contributed by atoms with Gasteiger partial charge in [-0.15, -0.1) is 0 Å². The first-order valence-electron chi connectivity index (χ1n) is 5.69. The second kappa shape index (κ2) is 6.77. The maximum Gasteiger partial charge on any atom is 0.320 e. The van der Waals surface area contributed by atoms with E-state index in [1.807, 2.05) is 38.1 Å². The van der Waals surface area contributed by atoms with E-state index in [9.17, 15) is 4.79 Å². The lowest BCUT2D eigenvalue weighted by molar-refractivity contribution is -0.140. The Hall–Kier alpha value is -0.870. The molecule has 0 aliphatic carbocycles. The molecule has 0 unspecified atom stereocenters. The van der Waals surface area contributed by atoms with Crippen molar-refractivity contribution in [1.82, 2.24) is 5.32 Å². The first kappa shape index (κ1) is 14.2. The summed E-state index contributed by atoms with van der Waals surface area (Å²) in [4.78, 5) is 11.0. The number of hydrogen-bond donors (Lipinski definition) is 2. The summed E-state index contributed by atoms with van der Waals surface area (Å²) in [6.45, 7) is 4.63. The van der Waals surface area contributed by atoms with Crippen LogP contribution in [0.1, 0.15) is 25.8 Å². The zero-order chi connectivity index (χ0) is 12.8. The molecule has 0 heterocycles. The van der Waals surface area contributed by atoms with Crippen LogP contribution >= 0.6 is 15.9 Å². The van der Waals surface area contributed by atoms with E-state index in [0.717, 1.165) is 10.0 Å². The van der Waals surface area contributed by atoms with Crippen LogP contribution in [0.3, 0.4) is 0 Å². The number of benzene rings is 1. The molecule has 1 aromatic rings. The normalized spacial score (nSPS) is 12.7. The van der Waals surface area contributed by atoms with Gasteiger partial charge in [-0.3, -0.25) is 4.79 Å². The van der Waals surface area contributed by atoms with Crippen molar-refractivity contribution in [3.63, 3.8) is 0 Å². The molecule has 1 atom stereocenters. The van der Waals surface area contributed by atoms with Crippen LogP contribution in [0.2, 0.25) is 0 Å². The Balaban J connectivity index is 2.51. The number of carboxylic acid groups (broad SMARTS) is 1. The zero-order valence-electron chi connectivity index (χ0n) is 10.1.